The fourth-order valence-corrected chi connectivity index (χ4v) is 3.74. The number of nitrogens with one attached hydrogen (secondary N) is 1. The Morgan fingerprint density at radius 3 is 2.53 bits per heavy atom. The number of aryl methyl sites for hydroxylation is 1. The van der Waals surface area contributed by atoms with E-state index >= 15 is 0 Å². The van der Waals surface area contributed by atoms with E-state index in [-0.39, 0.29) is 16.4 Å². The summed E-state index contributed by atoms with van der Waals surface area (Å²) in [6.07, 6.45) is 3.50. The van der Waals surface area contributed by atoms with Gasteiger partial charge in [0.25, 0.3) is 5.56 Å². The van der Waals surface area contributed by atoms with Crippen LogP contribution in [0, 0.1) is 18.6 Å². The molecule has 2 heterocycles. The second kappa shape index (κ2) is 9.62. The first kappa shape index (κ1) is 23.4. The topological polar surface area (TPSA) is 94.2 Å². The van der Waals surface area contributed by atoms with E-state index in [1.54, 1.807) is 29.1 Å². The van der Waals surface area contributed by atoms with Crippen molar-refractivity contribution in [3.63, 3.8) is 0 Å². The maximum atomic E-state index is 13.7. The van der Waals surface area contributed by atoms with E-state index < -0.39 is 29.8 Å². The molecular formula is C23H20ClF2N5O3. The first-order valence-corrected chi connectivity index (χ1v) is 10.5. The molecule has 4 aromatic rings. The Balaban J connectivity index is 1.72. The van der Waals surface area contributed by atoms with Crippen molar-refractivity contribution in [3.05, 3.63) is 93.4 Å². The first-order chi connectivity index (χ1) is 16.3. The van der Waals surface area contributed by atoms with Gasteiger partial charge in [0.1, 0.15) is 29.1 Å². The van der Waals surface area contributed by atoms with E-state index in [0.29, 0.717) is 17.5 Å². The summed E-state index contributed by atoms with van der Waals surface area (Å²) >= 11 is 6.13. The van der Waals surface area contributed by atoms with Crippen LogP contribution in [0.25, 0.3) is 5.69 Å². The molecule has 0 fully saturated rings. The van der Waals surface area contributed by atoms with Gasteiger partial charge in [0.2, 0.25) is 0 Å². The number of aromatic nitrogens is 4. The second-order valence-corrected chi connectivity index (χ2v) is 7.85. The van der Waals surface area contributed by atoms with Crippen molar-refractivity contribution in [1.82, 2.24) is 19.3 Å². The Morgan fingerprint density at radius 1 is 1.18 bits per heavy atom. The lowest BCUT2D eigenvalue weighted by Crippen LogP contribution is -2.31. The number of aliphatic hydroxyl groups is 1. The first-order valence-electron chi connectivity index (χ1n) is 10.1. The minimum absolute atomic E-state index is 0.0319. The lowest BCUT2D eigenvalue weighted by molar-refractivity contribution is 0.236. The summed E-state index contributed by atoms with van der Waals surface area (Å²) in [5.74, 6) is -1.17. The third kappa shape index (κ3) is 4.78. The lowest BCUT2D eigenvalue weighted by Gasteiger charge is -2.19. The number of nitrogens with zero attached hydrogens (tertiary/aromatic N) is 4. The number of rotatable bonds is 7. The van der Waals surface area contributed by atoms with Crippen LogP contribution in [-0.4, -0.2) is 38.2 Å². The Morgan fingerprint density at radius 2 is 1.91 bits per heavy atom. The largest absolute Gasteiger partial charge is 0.494 e. The van der Waals surface area contributed by atoms with Crippen LogP contribution >= 0.6 is 11.6 Å². The Hall–Kier alpha value is -3.76. The number of imidazole rings is 1. The molecule has 0 saturated carbocycles. The van der Waals surface area contributed by atoms with Gasteiger partial charge in [0.05, 0.1) is 31.4 Å². The minimum atomic E-state index is -1.15. The normalized spacial score (nSPS) is 11.9. The molecule has 2 N–H and O–H groups in total. The van der Waals surface area contributed by atoms with E-state index in [0.717, 1.165) is 28.2 Å². The summed E-state index contributed by atoms with van der Waals surface area (Å²) in [4.78, 5) is 17.4. The SMILES string of the molecule is COc1cc(Nc2cc(Cl)nn([C@@H](CO)c3cc(F)cc(F)c3)c2=O)ccc1-n1cnc(C)c1. The molecule has 1 atom stereocenters. The molecule has 2 aromatic heterocycles. The quantitative estimate of drug-likeness (QED) is 0.409. The molecule has 0 aliphatic carbocycles. The summed E-state index contributed by atoms with van der Waals surface area (Å²) in [5, 5.41) is 16.8. The van der Waals surface area contributed by atoms with Crippen molar-refractivity contribution in [1.29, 1.82) is 0 Å². The molecule has 176 valence electrons. The fourth-order valence-electron chi connectivity index (χ4n) is 3.55. The Labute approximate surface area is 198 Å². The lowest BCUT2D eigenvalue weighted by atomic mass is 10.1. The van der Waals surface area contributed by atoms with Gasteiger partial charge in [-0.1, -0.05) is 11.6 Å². The van der Waals surface area contributed by atoms with Gasteiger partial charge in [-0.2, -0.15) is 5.10 Å². The molecule has 0 saturated heterocycles. The number of aliphatic hydroxyl groups excluding tert-OH is 1. The zero-order chi connectivity index (χ0) is 24.4. The number of ether oxygens (including phenoxy) is 1. The van der Waals surface area contributed by atoms with Crippen LogP contribution in [0.3, 0.4) is 0 Å². The van der Waals surface area contributed by atoms with Gasteiger partial charge in [-0.15, -0.1) is 0 Å². The third-order valence-electron chi connectivity index (χ3n) is 5.09. The van der Waals surface area contributed by atoms with Gasteiger partial charge >= 0.3 is 0 Å². The van der Waals surface area contributed by atoms with Crippen LogP contribution < -0.4 is 15.6 Å². The maximum Gasteiger partial charge on any atom is 0.291 e. The molecule has 0 amide bonds. The maximum absolute atomic E-state index is 13.7. The second-order valence-electron chi connectivity index (χ2n) is 7.47. The summed E-state index contributed by atoms with van der Waals surface area (Å²) in [6.45, 7) is 1.23. The van der Waals surface area contributed by atoms with Gasteiger partial charge in [0.15, 0.2) is 5.15 Å². The van der Waals surface area contributed by atoms with Gasteiger partial charge in [-0.05, 0) is 36.8 Å². The molecule has 0 aliphatic heterocycles. The summed E-state index contributed by atoms with van der Waals surface area (Å²) in [6, 6.07) is 8.11. The van der Waals surface area contributed by atoms with Crippen LogP contribution in [0.2, 0.25) is 5.15 Å². The smallest absolute Gasteiger partial charge is 0.291 e. The van der Waals surface area contributed by atoms with Crippen LogP contribution in [0.15, 0.2) is 59.8 Å². The molecule has 2 aromatic carbocycles. The number of halogens is 3. The zero-order valence-corrected chi connectivity index (χ0v) is 18.9. The number of hydrogen-bond donors (Lipinski definition) is 2. The third-order valence-corrected chi connectivity index (χ3v) is 5.28. The minimum Gasteiger partial charge on any atom is -0.494 e. The summed E-state index contributed by atoms with van der Waals surface area (Å²) in [7, 11) is 1.52. The summed E-state index contributed by atoms with van der Waals surface area (Å²) in [5.41, 5.74) is 1.52. The van der Waals surface area contributed by atoms with E-state index in [1.807, 2.05) is 13.1 Å². The zero-order valence-electron chi connectivity index (χ0n) is 18.2. The molecule has 8 nitrogen and oxygen atoms in total. The van der Waals surface area contributed by atoms with Gasteiger partial charge in [-0.25, -0.2) is 18.4 Å². The highest BCUT2D eigenvalue weighted by molar-refractivity contribution is 6.29. The average Bonchev–Trinajstić information content (AvgIpc) is 3.22. The predicted octanol–water partition coefficient (Wildman–Crippen LogP) is 4.00. The average molecular weight is 488 g/mol. The molecule has 0 aliphatic rings. The highest BCUT2D eigenvalue weighted by Gasteiger charge is 2.20. The van der Waals surface area contributed by atoms with Crippen molar-refractivity contribution in [2.45, 2.75) is 13.0 Å². The molecule has 34 heavy (non-hydrogen) atoms. The standard InChI is InChI=1S/C23H20ClF2N5O3/c1-13-10-30(12-27-13)19-4-3-17(8-21(19)34-2)28-18-9-22(24)29-31(23(18)33)20(11-32)14-5-15(25)7-16(26)6-14/h3-10,12,20,28,32H,11H2,1-2H3/t20-/m0/s1. The number of hydrogen-bond acceptors (Lipinski definition) is 6. The molecule has 0 bridgehead atoms. The summed E-state index contributed by atoms with van der Waals surface area (Å²) < 4.78 is 35.6. The van der Waals surface area contributed by atoms with Crippen LogP contribution in [0.4, 0.5) is 20.2 Å². The Kier molecular flexibility index (Phi) is 6.62. The molecular weight excluding hydrogens is 468 g/mol. The van der Waals surface area contributed by atoms with Crippen LogP contribution in [0.5, 0.6) is 5.75 Å². The molecule has 4 rings (SSSR count). The van der Waals surface area contributed by atoms with Crippen LogP contribution in [-0.2, 0) is 0 Å². The molecule has 0 spiro atoms. The predicted molar refractivity (Wildman–Crippen MR) is 123 cm³/mol. The van der Waals surface area contributed by atoms with E-state index in [4.69, 9.17) is 16.3 Å². The van der Waals surface area contributed by atoms with Crippen molar-refractivity contribution >= 4 is 23.0 Å². The molecule has 0 unspecified atom stereocenters. The van der Waals surface area contributed by atoms with Gasteiger partial charge < -0.3 is 19.7 Å². The van der Waals surface area contributed by atoms with Gasteiger partial charge in [0, 0.05) is 30.1 Å². The number of methoxy groups -OCH3 is 1. The van der Waals surface area contributed by atoms with E-state index in [2.05, 4.69) is 15.4 Å². The van der Waals surface area contributed by atoms with Crippen molar-refractivity contribution in [2.24, 2.45) is 0 Å². The van der Waals surface area contributed by atoms with Crippen molar-refractivity contribution in [2.75, 3.05) is 19.0 Å². The highest BCUT2D eigenvalue weighted by Crippen LogP contribution is 2.29. The number of anilines is 2. The van der Waals surface area contributed by atoms with E-state index in [9.17, 15) is 18.7 Å². The Bertz CT molecular complexity index is 1390. The fraction of sp³-hybridized carbons (Fsp3) is 0.174. The number of benzene rings is 2. The molecule has 11 heteroatoms. The highest BCUT2D eigenvalue weighted by atomic mass is 35.5. The monoisotopic (exact) mass is 487 g/mol. The van der Waals surface area contributed by atoms with Crippen LogP contribution in [0.1, 0.15) is 17.3 Å². The van der Waals surface area contributed by atoms with Gasteiger partial charge in [-0.3, -0.25) is 4.79 Å². The van der Waals surface area contributed by atoms with E-state index in [1.165, 1.54) is 13.2 Å². The van der Waals surface area contributed by atoms with Crippen molar-refractivity contribution < 1.29 is 18.6 Å². The molecule has 0 radical (unpaired) electrons. The van der Waals surface area contributed by atoms with Crippen molar-refractivity contribution in [3.8, 4) is 11.4 Å².